The highest BCUT2D eigenvalue weighted by molar-refractivity contribution is 5.76. The predicted octanol–water partition coefficient (Wildman–Crippen LogP) is 0.436. The van der Waals surface area contributed by atoms with Crippen molar-refractivity contribution >= 4 is 17.1 Å². The van der Waals surface area contributed by atoms with E-state index in [0.29, 0.717) is 49.4 Å². The Morgan fingerprint density at radius 1 is 1.21 bits per heavy atom. The number of ether oxygens (including phenoxy) is 3. The van der Waals surface area contributed by atoms with Crippen molar-refractivity contribution in [3.8, 4) is 5.88 Å². The molecule has 0 bridgehead atoms. The Kier molecular flexibility index (Phi) is 4.87. The van der Waals surface area contributed by atoms with E-state index in [4.69, 9.17) is 14.2 Å². The lowest BCUT2D eigenvalue weighted by atomic mass is 10.5. The van der Waals surface area contributed by atoms with Crippen molar-refractivity contribution in [3.05, 3.63) is 6.33 Å². The van der Waals surface area contributed by atoms with Gasteiger partial charge in [0.05, 0.1) is 26.1 Å². The van der Waals surface area contributed by atoms with E-state index >= 15 is 0 Å². The fourth-order valence-corrected chi connectivity index (χ4v) is 1.46. The van der Waals surface area contributed by atoms with Gasteiger partial charge >= 0.3 is 0 Å². The smallest absolute Gasteiger partial charge is 0.245 e. The van der Waals surface area contributed by atoms with Crippen molar-refractivity contribution in [2.75, 3.05) is 45.9 Å². The molecule has 0 saturated heterocycles. The monoisotopic (exact) mass is 267 g/mol. The molecule has 19 heavy (non-hydrogen) atoms. The van der Waals surface area contributed by atoms with E-state index in [1.807, 2.05) is 0 Å². The van der Waals surface area contributed by atoms with Gasteiger partial charge < -0.3 is 24.5 Å². The Bertz CT molecular complexity index is 516. The van der Waals surface area contributed by atoms with Gasteiger partial charge in [-0.3, -0.25) is 0 Å². The topological polar surface area (TPSA) is 94.2 Å². The van der Waals surface area contributed by atoms with Crippen molar-refractivity contribution in [2.45, 2.75) is 0 Å². The summed E-state index contributed by atoms with van der Waals surface area (Å²) in [4.78, 5) is 15.5. The van der Waals surface area contributed by atoms with Crippen LogP contribution in [0.2, 0.25) is 0 Å². The highest BCUT2D eigenvalue weighted by atomic mass is 16.5. The third kappa shape index (κ3) is 3.52. The van der Waals surface area contributed by atoms with Crippen LogP contribution in [-0.2, 0) is 9.47 Å². The van der Waals surface area contributed by atoms with E-state index in [2.05, 4.69) is 25.3 Å². The zero-order valence-electron chi connectivity index (χ0n) is 11.0. The Morgan fingerprint density at radius 3 is 2.84 bits per heavy atom. The Balaban J connectivity index is 1.93. The van der Waals surface area contributed by atoms with Gasteiger partial charge in [0.25, 0.3) is 0 Å². The maximum Gasteiger partial charge on any atom is 0.245 e. The Labute approximate surface area is 110 Å². The SMILES string of the molecule is CNc1nc(OCCOCCOC)c2[nH]cnc2n1. The predicted molar refractivity (Wildman–Crippen MR) is 69.4 cm³/mol. The van der Waals surface area contributed by atoms with Crippen LogP contribution in [0.25, 0.3) is 11.2 Å². The number of hydrogen-bond donors (Lipinski definition) is 2. The minimum Gasteiger partial charge on any atom is -0.474 e. The summed E-state index contributed by atoms with van der Waals surface area (Å²) >= 11 is 0. The minimum atomic E-state index is 0.401. The van der Waals surface area contributed by atoms with Crippen molar-refractivity contribution in [2.24, 2.45) is 0 Å². The van der Waals surface area contributed by atoms with Gasteiger partial charge in [0.15, 0.2) is 5.65 Å². The number of fused-ring (bicyclic) bond motifs is 1. The summed E-state index contributed by atoms with van der Waals surface area (Å²) in [6, 6.07) is 0. The fourth-order valence-electron chi connectivity index (χ4n) is 1.46. The minimum absolute atomic E-state index is 0.401. The summed E-state index contributed by atoms with van der Waals surface area (Å²) in [5, 5.41) is 2.86. The van der Waals surface area contributed by atoms with Gasteiger partial charge in [-0.25, -0.2) is 4.98 Å². The number of nitrogens with zero attached hydrogens (tertiary/aromatic N) is 3. The average molecular weight is 267 g/mol. The molecule has 2 N–H and O–H groups in total. The van der Waals surface area contributed by atoms with Gasteiger partial charge in [-0.1, -0.05) is 0 Å². The molecule has 0 aromatic carbocycles. The maximum absolute atomic E-state index is 5.57. The molecule has 8 heteroatoms. The lowest BCUT2D eigenvalue weighted by Crippen LogP contribution is -2.11. The number of aromatic nitrogens is 4. The number of aromatic amines is 1. The second kappa shape index (κ2) is 6.86. The second-order valence-electron chi connectivity index (χ2n) is 3.66. The summed E-state index contributed by atoms with van der Waals surface area (Å²) in [5.74, 6) is 0.928. The first kappa shape index (κ1) is 13.5. The molecule has 0 aliphatic carbocycles. The normalized spacial score (nSPS) is 10.8. The molecule has 0 saturated carbocycles. The molecule has 0 fully saturated rings. The average Bonchev–Trinajstić information content (AvgIpc) is 2.90. The van der Waals surface area contributed by atoms with Gasteiger partial charge in [0.2, 0.25) is 11.8 Å². The lowest BCUT2D eigenvalue weighted by molar-refractivity contribution is 0.0539. The molecule has 0 unspecified atom stereocenters. The van der Waals surface area contributed by atoms with Crippen LogP contribution in [0.3, 0.4) is 0 Å². The summed E-state index contributed by atoms with van der Waals surface area (Å²) in [7, 11) is 3.38. The number of methoxy groups -OCH3 is 1. The Morgan fingerprint density at radius 2 is 2.05 bits per heavy atom. The van der Waals surface area contributed by atoms with Gasteiger partial charge in [0, 0.05) is 14.2 Å². The Hall–Kier alpha value is -1.93. The van der Waals surface area contributed by atoms with Crippen LogP contribution in [-0.4, -0.2) is 60.5 Å². The summed E-state index contributed by atoms with van der Waals surface area (Å²) in [6.45, 7) is 1.99. The van der Waals surface area contributed by atoms with E-state index in [0.717, 1.165) is 0 Å². The number of imidazole rings is 1. The first-order valence-corrected chi connectivity index (χ1v) is 5.93. The van der Waals surface area contributed by atoms with Crippen LogP contribution in [0.15, 0.2) is 6.33 Å². The summed E-state index contributed by atoms with van der Waals surface area (Å²) in [5.41, 5.74) is 1.24. The van der Waals surface area contributed by atoms with Crippen molar-refractivity contribution < 1.29 is 14.2 Å². The van der Waals surface area contributed by atoms with Gasteiger partial charge in [0.1, 0.15) is 12.1 Å². The van der Waals surface area contributed by atoms with E-state index in [9.17, 15) is 0 Å². The molecule has 0 spiro atoms. The van der Waals surface area contributed by atoms with Crippen LogP contribution in [0.5, 0.6) is 5.88 Å². The maximum atomic E-state index is 5.57. The van der Waals surface area contributed by atoms with Crippen LogP contribution in [0.1, 0.15) is 0 Å². The third-order valence-corrected chi connectivity index (χ3v) is 2.37. The first-order chi connectivity index (χ1) is 9.35. The molecule has 0 radical (unpaired) electrons. The molecule has 104 valence electrons. The van der Waals surface area contributed by atoms with Crippen molar-refractivity contribution in [3.63, 3.8) is 0 Å². The molecule has 2 heterocycles. The molecule has 2 rings (SSSR count). The first-order valence-electron chi connectivity index (χ1n) is 5.93. The van der Waals surface area contributed by atoms with Crippen LogP contribution in [0.4, 0.5) is 5.95 Å². The standard InChI is InChI=1S/C11H17N5O3/c1-12-11-15-9-8(13-7-14-9)10(16-11)19-6-5-18-4-3-17-2/h7H,3-6H2,1-2H3,(H2,12,13,14,15,16). The molecule has 0 atom stereocenters. The summed E-state index contributed by atoms with van der Waals surface area (Å²) in [6.07, 6.45) is 1.56. The van der Waals surface area contributed by atoms with E-state index in [1.54, 1.807) is 20.5 Å². The zero-order valence-corrected chi connectivity index (χ0v) is 11.0. The van der Waals surface area contributed by atoms with Gasteiger partial charge in [-0.15, -0.1) is 0 Å². The molecule has 8 nitrogen and oxygen atoms in total. The number of H-pyrrole nitrogens is 1. The highest BCUT2D eigenvalue weighted by Crippen LogP contribution is 2.20. The number of nitrogens with one attached hydrogen (secondary N) is 2. The molecule has 2 aromatic heterocycles. The molecule has 0 aliphatic heterocycles. The van der Waals surface area contributed by atoms with Crippen molar-refractivity contribution in [1.29, 1.82) is 0 Å². The van der Waals surface area contributed by atoms with E-state index in [1.165, 1.54) is 0 Å². The van der Waals surface area contributed by atoms with Crippen molar-refractivity contribution in [1.82, 2.24) is 19.9 Å². The molecule has 0 amide bonds. The number of anilines is 1. The van der Waals surface area contributed by atoms with Crippen LogP contribution >= 0.6 is 0 Å². The fraction of sp³-hybridized carbons (Fsp3) is 0.545. The second-order valence-corrected chi connectivity index (χ2v) is 3.66. The van der Waals surface area contributed by atoms with Crippen LogP contribution < -0.4 is 10.1 Å². The molecular weight excluding hydrogens is 250 g/mol. The number of hydrogen-bond acceptors (Lipinski definition) is 7. The summed E-state index contributed by atoms with van der Waals surface area (Å²) < 4.78 is 15.8. The highest BCUT2D eigenvalue weighted by Gasteiger charge is 2.10. The van der Waals surface area contributed by atoms with E-state index < -0.39 is 0 Å². The molecular formula is C11H17N5O3. The molecule has 2 aromatic rings. The third-order valence-electron chi connectivity index (χ3n) is 2.37. The van der Waals surface area contributed by atoms with Crippen LogP contribution in [0, 0.1) is 0 Å². The zero-order chi connectivity index (χ0) is 13.5. The van der Waals surface area contributed by atoms with E-state index in [-0.39, 0.29) is 0 Å². The number of rotatable bonds is 8. The largest absolute Gasteiger partial charge is 0.474 e. The molecule has 0 aliphatic rings. The quantitative estimate of drug-likeness (QED) is 0.670. The lowest BCUT2D eigenvalue weighted by Gasteiger charge is -2.08. The van der Waals surface area contributed by atoms with Gasteiger partial charge in [-0.2, -0.15) is 9.97 Å². The van der Waals surface area contributed by atoms with Gasteiger partial charge in [-0.05, 0) is 0 Å².